The number of aromatic nitrogens is 2. The Kier molecular flexibility index (Phi) is 4.68. The van der Waals surface area contributed by atoms with Gasteiger partial charge in [-0.1, -0.05) is 11.6 Å². The minimum atomic E-state index is -1.26. The van der Waals surface area contributed by atoms with Crippen LogP contribution in [0.25, 0.3) is 21.9 Å². The highest BCUT2D eigenvalue weighted by Gasteiger charge is 2.27. The number of rotatable bonds is 2. The summed E-state index contributed by atoms with van der Waals surface area (Å²) in [5.41, 5.74) is 2.02. The van der Waals surface area contributed by atoms with Gasteiger partial charge in [-0.3, -0.25) is 5.32 Å². The first-order valence-corrected chi connectivity index (χ1v) is 9.08. The van der Waals surface area contributed by atoms with Gasteiger partial charge in [-0.25, -0.2) is 19.2 Å². The standard InChI is InChI=1S/C20H14ClFN4O3/c1-9-13(7-25-19-16(9)10(6-23)2-3-29-19)12-4-11-5-15(26-20(27)28)24-8-14(11)17(21)18(12)22/h4-5,7-8,10H,2-3H2,1H3,(H,24,26)(H,27,28). The maximum absolute atomic E-state index is 15.1. The number of carbonyl (C=O) groups is 1. The lowest BCUT2D eigenvalue weighted by molar-refractivity contribution is 0.209. The molecule has 1 amide bonds. The molecule has 9 heteroatoms. The van der Waals surface area contributed by atoms with Crippen molar-refractivity contribution in [2.24, 2.45) is 0 Å². The van der Waals surface area contributed by atoms with Gasteiger partial charge in [0.2, 0.25) is 5.88 Å². The van der Waals surface area contributed by atoms with Crippen molar-refractivity contribution in [3.05, 3.63) is 46.5 Å². The summed E-state index contributed by atoms with van der Waals surface area (Å²) >= 11 is 6.24. The Morgan fingerprint density at radius 2 is 2.17 bits per heavy atom. The molecule has 3 heterocycles. The number of anilines is 1. The molecule has 0 saturated heterocycles. The van der Waals surface area contributed by atoms with Crippen LogP contribution in [0.4, 0.5) is 15.0 Å². The van der Waals surface area contributed by atoms with E-state index in [1.54, 1.807) is 13.0 Å². The van der Waals surface area contributed by atoms with E-state index in [9.17, 15) is 10.1 Å². The van der Waals surface area contributed by atoms with E-state index >= 15 is 4.39 Å². The van der Waals surface area contributed by atoms with Gasteiger partial charge in [0, 0.05) is 40.9 Å². The fourth-order valence-electron chi connectivity index (χ4n) is 3.54. The van der Waals surface area contributed by atoms with Crippen molar-refractivity contribution in [3.8, 4) is 23.1 Å². The highest BCUT2D eigenvalue weighted by Crippen LogP contribution is 2.41. The molecule has 2 N–H and O–H groups in total. The van der Waals surface area contributed by atoms with Crippen LogP contribution in [0.1, 0.15) is 23.5 Å². The highest BCUT2D eigenvalue weighted by molar-refractivity contribution is 6.36. The third-order valence-corrected chi connectivity index (χ3v) is 5.30. The molecule has 1 aliphatic heterocycles. The van der Waals surface area contributed by atoms with E-state index in [0.29, 0.717) is 46.4 Å². The molecular weight excluding hydrogens is 399 g/mol. The summed E-state index contributed by atoms with van der Waals surface area (Å²) in [6.07, 6.45) is 2.08. The number of benzene rings is 1. The van der Waals surface area contributed by atoms with Crippen molar-refractivity contribution >= 4 is 34.3 Å². The van der Waals surface area contributed by atoms with E-state index in [0.717, 1.165) is 0 Å². The second-order valence-corrected chi connectivity index (χ2v) is 6.99. The van der Waals surface area contributed by atoms with E-state index in [1.165, 1.54) is 18.5 Å². The first-order chi connectivity index (χ1) is 13.9. The summed E-state index contributed by atoms with van der Waals surface area (Å²) in [5, 5.41) is 21.3. The molecule has 1 unspecified atom stereocenters. The molecule has 0 saturated carbocycles. The van der Waals surface area contributed by atoms with Crippen LogP contribution in [0.5, 0.6) is 5.88 Å². The number of hydrogen-bond donors (Lipinski definition) is 2. The minimum absolute atomic E-state index is 0.0943. The van der Waals surface area contributed by atoms with Crippen LogP contribution in [0.3, 0.4) is 0 Å². The average molecular weight is 413 g/mol. The number of carboxylic acid groups (broad SMARTS) is 1. The fourth-order valence-corrected chi connectivity index (χ4v) is 3.80. The molecule has 4 rings (SSSR count). The maximum atomic E-state index is 15.1. The highest BCUT2D eigenvalue weighted by atomic mass is 35.5. The van der Waals surface area contributed by atoms with Crippen molar-refractivity contribution in [2.45, 2.75) is 19.3 Å². The lowest BCUT2D eigenvalue weighted by atomic mass is 9.88. The summed E-state index contributed by atoms with van der Waals surface area (Å²) in [6, 6.07) is 5.28. The molecule has 29 heavy (non-hydrogen) atoms. The van der Waals surface area contributed by atoms with Gasteiger partial charge in [0.1, 0.15) is 11.6 Å². The monoisotopic (exact) mass is 412 g/mol. The molecular formula is C20H14ClFN4O3. The summed E-state index contributed by atoms with van der Waals surface area (Å²) in [5.74, 6) is -0.555. The Hall–Kier alpha value is -3.44. The Labute approximate surface area is 169 Å². The zero-order valence-corrected chi connectivity index (χ0v) is 15.9. The normalized spacial score (nSPS) is 15.3. The molecule has 1 atom stereocenters. The summed E-state index contributed by atoms with van der Waals surface area (Å²) in [6.45, 7) is 2.19. The first kappa shape index (κ1) is 18.9. The van der Waals surface area contributed by atoms with Crippen molar-refractivity contribution < 1.29 is 19.0 Å². The number of ether oxygens (including phenoxy) is 1. The quantitative estimate of drug-likeness (QED) is 0.621. The van der Waals surface area contributed by atoms with Crippen LogP contribution in [0.2, 0.25) is 5.02 Å². The third-order valence-electron chi connectivity index (χ3n) is 4.93. The molecule has 7 nitrogen and oxygen atoms in total. The Balaban J connectivity index is 1.93. The van der Waals surface area contributed by atoms with E-state index in [-0.39, 0.29) is 22.3 Å². The van der Waals surface area contributed by atoms with Gasteiger partial charge in [0.05, 0.1) is 23.6 Å². The van der Waals surface area contributed by atoms with Gasteiger partial charge in [0.15, 0.2) is 0 Å². The molecule has 0 fully saturated rings. The second kappa shape index (κ2) is 7.18. The number of nitriles is 1. The van der Waals surface area contributed by atoms with Crippen LogP contribution >= 0.6 is 11.6 Å². The van der Waals surface area contributed by atoms with Gasteiger partial charge >= 0.3 is 6.09 Å². The predicted octanol–water partition coefficient (Wildman–Crippen LogP) is 4.88. The van der Waals surface area contributed by atoms with Gasteiger partial charge < -0.3 is 9.84 Å². The van der Waals surface area contributed by atoms with Crippen molar-refractivity contribution in [2.75, 3.05) is 11.9 Å². The summed E-state index contributed by atoms with van der Waals surface area (Å²) in [7, 11) is 0. The molecule has 0 aliphatic carbocycles. The van der Waals surface area contributed by atoms with Crippen LogP contribution < -0.4 is 10.1 Å². The molecule has 3 aromatic rings. The molecule has 146 valence electrons. The number of pyridine rings is 2. The molecule has 2 aromatic heterocycles. The Bertz CT molecular complexity index is 1210. The molecule has 0 spiro atoms. The minimum Gasteiger partial charge on any atom is -0.477 e. The van der Waals surface area contributed by atoms with Crippen LogP contribution in [-0.4, -0.2) is 27.8 Å². The third kappa shape index (κ3) is 3.19. The first-order valence-electron chi connectivity index (χ1n) is 8.70. The van der Waals surface area contributed by atoms with E-state index < -0.39 is 11.9 Å². The van der Waals surface area contributed by atoms with Crippen molar-refractivity contribution in [3.63, 3.8) is 0 Å². The van der Waals surface area contributed by atoms with Gasteiger partial charge in [-0.2, -0.15) is 5.26 Å². The van der Waals surface area contributed by atoms with E-state index in [4.69, 9.17) is 21.4 Å². The topological polar surface area (TPSA) is 108 Å². The lowest BCUT2D eigenvalue weighted by Gasteiger charge is -2.24. The largest absolute Gasteiger partial charge is 0.477 e. The van der Waals surface area contributed by atoms with Crippen LogP contribution in [0.15, 0.2) is 24.5 Å². The predicted molar refractivity (Wildman–Crippen MR) is 105 cm³/mol. The SMILES string of the molecule is Cc1c(-c2cc3cc(NC(=O)O)ncc3c(Cl)c2F)cnc2c1C(C#N)CCO2. The smallest absolute Gasteiger partial charge is 0.410 e. The number of fused-ring (bicyclic) bond motifs is 2. The molecule has 0 radical (unpaired) electrons. The second-order valence-electron chi connectivity index (χ2n) is 6.61. The van der Waals surface area contributed by atoms with Gasteiger partial charge in [0.25, 0.3) is 0 Å². The van der Waals surface area contributed by atoms with Gasteiger partial charge in [-0.05, 0) is 30.0 Å². The van der Waals surface area contributed by atoms with Gasteiger partial charge in [-0.15, -0.1) is 0 Å². The van der Waals surface area contributed by atoms with Crippen molar-refractivity contribution in [1.82, 2.24) is 9.97 Å². The Morgan fingerprint density at radius 1 is 1.38 bits per heavy atom. The average Bonchev–Trinajstić information content (AvgIpc) is 2.70. The zero-order chi connectivity index (χ0) is 20.7. The molecule has 1 aromatic carbocycles. The molecule has 0 bridgehead atoms. The van der Waals surface area contributed by atoms with Crippen molar-refractivity contribution in [1.29, 1.82) is 5.26 Å². The zero-order valence-electron chi connectivity index (χ0n) is 15.2. The maximum Gasteiger partial charge on any atom is 0.410 e. The Morgan fingerprint density at radius 3 is 2.90 bits per heavy atom. The number of amides is 1. The molecule has 1 aliphatic rings. The van der Waals surface area contributed by atoms with Crippen LogP contribution in [-0.2, 0) is 0 Å². The van der Waals surface area contributed by atoms with Crippen LogP contribution in [0, 0.1) is 24.1 Å². The summed E-state index contributed by atoms with van der Waals surface area (Å²) in [4.78, 5) is 19.1. The fraction of sp³-hybridized carbons (Fsp3) is 0.200. The number of hydrogen-bond acceptors (Lipinski definition) is 5. The van der Waals surface area contributed by atoms with E-state index in [2.05, 4.69) is 21.4 Å². The summed E-state index contributed by atoms with van der Waals surface area (Å²) < 4.78 is 20.7. The van der Waals surface area contributed by atoms with E-state index in [1.807, 2.05) is 0 Å². The number of halogens is 2. The lowest BCUT2D eigenvalue weighted by Crippen LogP contribution is -2.16. The number of nitrogens with zero attached hydrogens (tertiary/aromatic N) is 3. The number of nitrogens with one attached hydrogen (secondary N) is 1.